The highest BCUT2D eigenvalue weighted by Gasteiger charge is 2.19. The smallest absolute Gasteiger partial charge is 0.309 e. The highest BCUT2D eigenvalue weighted by Crippen LogP contribution is 2.10. The number of esters is 3. The molecule has 0 fully saturated rings. The van der Waals surface area contributed by atoms with Gasteiger partial charge in [0.05, 0.1) is 6.42 Å². The molecule has 1 atom stereocenters. The third-order valence-corrected chi connectivity index (χ3v) is 8.65. The summed E-state index contributed by atoms with van der Waals surface area (Å²) in [6, 6.07) is 0. The highest BCUT2D eigenvalue weighted by molar-refractivity contribution is 5.72. The average molecular weight is 837 g/mol. The quantitative estimate of drug-likeness (QED) is 0.0203. The lowest BCUT2D eigenvalue weighted by Crippen LogP contribution is -2.30. The number of carbonyl (C=O) groups excluding carboxylic acids is 3. The maximum atomic E-state index is 12.7. The van der Waals surface area contributed by atoms with E-state index < -0.39 is 18.0 Å². The lowest BCUT2D eigenvalue weighted by molar-refractivity contribution is -0.166. The maximum Gasteiger partial charge on any atom is 0.309 e. The molecule has 0 radical (unpaired) electrons. The van der Waals surface area contributed by atoms with Crippen LogP contribution in [0.2, 0.25) is 0 Å². The Morgan fingerprint density at radius 3 is 1.33 bits per heavy atom. The standard InChI is InChI=1S/C55H80O6/c1-4-7-10-13-16-19-21-23-25-27-28-30-31-33-36-39-42-45-48-54(57)60-51-52(50-59-53(56)47-44-41-38-35-18-15-12-9-6-3)61-55(58)49-46-43-40-37-34-32-29-26-24-22-20-17-14-11-8-5-2/h8-13,16-21,23-28,30,32,34-35,40-41,43-44,52H,4-7,14-15,22,29,31,33,36-39,42,45-51H2,1-3H3/b11-8-,12-9-,13-10-,19-16-,20-17-,23-21-,26-24-,27-25-,30-28-,34-32-,35-18-,43-40-,44-41-. The van der Waals surface area contributed by atoms with Gasteiger partial charge in [0.25, 0.3) is 0 Å². The van der Waals surface area contributed by atoms with E-state index in [0.717, 1.165) is 96.3 Å². The van der Waals surface area contributed by atoms with Crippen LogP contribution < -0.4 is 0 Å². The van der Waals surface area contributed by atoms with Gasteiger partial charge in [-0.15, -0.1) is 0 Å². The van der Waals surface area contributed by atoms with Crippen molar-refractivity contribution in [3.63, 3.8) is 0 Å². The topological polar surface area (TPSA) is 78.9 Å². The van der Waals surface area contributed by atoms with E-state index in [-0.39, 0.29) is 32.0 Å². The molecule has 0 N–H and O–H groups in total. The van der Waals surface area contributed by atoms with Gasteiger partial charge in [-0.05, 0) is 83.5 Å². The second-order valence-electron chi connectivity index (χ2n) is 14.3. The second-order valence-corrected chi connectivity index (χ2v) is 14.3. The summed E-state index contributed by atoms with van der Waals surface area (Å²) < 4.78 is 16.5. The fourth-order valence-electron chi connectivity index (χ4n) is 5.28. The summed E-state index contributed by atoms with van der Waals surface area (Å²) in [7, 11) is 0. The first-order chi connectivity index (χ1) is 30.0. The minimum absolute atomic E-state index is 0.106. The zero-order valence-corrected chi connectivity index (χ0v) is 38.1. The van der Waals surface area contributed by atoms with Crippen LogP contribution in [-0.4, -0.2) is 37.2 Å². The summed E-state index contributed by atoms with van der Waals surface area (Å²) in [4.78, 5) is 37.7. The van der Waals surface area contributed by atoms with Crippen molar-refractivity contribution in [1.29, 1.82) is 0 Å². The molecule has 0 rings (SSSR count). The van der Waals surface area contributed by atoms with Crippen molar-refractivity contribution in [3.8, 4) is 0 Å². The van der Waals surface area contributed by atoms with E-state index in [1.807, 2.05) is 54.7 Å². The SMILES string of the molecule is CC/C=C\C/C=C\C/C=C\C/C=C\C/C=C\CCC(=O)OC(COC(=O)C/C=C\C/C=C\C/C=C\CC)COC(=O)CCCCCCC\C=C/C=C\C=C/C=C\C=C/CCC. The van der Waals surface area contributed by atoms with Crippen molar-refractivity contribution in [3.05, 3.63) is 158 Å². The molecule has 61 heavy (non-hydrogen) atoms. The summed E-state index contributed by atoms with van der Waals surface area (Å²) >= 11 is 0. The van der Waals surface area contributed by atoms with Crippen LogP contribution in [-0.2, 0) is 28.6 Å². The molecule has 0 heterocycles. The monoisotopic (exact) mass is 837 g/mol. The van der Waals surface area contributed by atoms with Crippen molar-refractivity contribution in [2.45, 2.75) is 155 Å². The van der Waals surface area contributed by atoms with Crippen LogP contribution in [0.4, 0.5) is 0 Å². The molecular weight excluding hydrogens is 757 g/mol. The van der Waals surface area contributed by atoms with E-state index in [0.29, 0.717) is 12.8 Å². The van der Waals surface area contributed by atoms with Gasteiger partial charge in [-0.1, -0.05) is 204 Å². The molecule has 336 valence electrons. The summed E-state index contributed by atoms with van der Waals surface area (Å²) in [5, 5.41) is 0. The lowest BCUT2D eigenvalue weighted by atomic mass is 10.1. The molecule has 1 unspecified atom stereocenters. The Labute approximate surface area is 371 Å². The fourth-order valence-corrected chi connectivity index (χ4v) is 5.28. The fraction of sp³-hybridized carbons (Fsp3) is 0.473. The zero-order valence-electron chi connectivity index (χ0n) is 38.1. The van der Waals surface area contributed by atoms with Gasteiger partial charge in [0.15, 0.2) is 6.10 Å². The molecule has 0 aliphatic heterocycles. The van der Waals surface area contributed by atoms with Gasteiger partial charge in [0, 0.05) is 12.8 Å². The molecule has 0 spiro atoms. The van der Waals surface area contributed by atoms with Gasteiger partial charge in [-0.25, -0.2) is 0 Å². The first-order valence-electron chi connectivity index (χ1n) is 23.1. The summed E-state index contributed by atoms with van der Waals surface area (Å²) in [6.45, 7) is 6.08. The van der Waals surface area contributed by atoms with Gasteiger partial charge in [0.1, 0.15) is 13.2 Å². The maximum absolute atomic E-state index is 12.7. The minimum atomic E-state index is -0.870. The molecule has 6 heteroatoms. The normalized spacial score (nSPS) is 13.6. The molecule has 0 saturated carbocycles. The Bertz CT molecular complexity index is 1470. The molecule has 0 amide bonds. The predicted octanol–water partition coefficient (Wildman–Crippen LogP) is 15.1. The van der Waals surface area contributed by atoms with Crippen LogP contribution in [0.3, 0.4) is 0 Å². The van der Waals surface area contributed by atoms with E-state index in [1.165, 1.54) is 6.42 Å². The average Bonchev–Trinajstić information content (AvgIpc) is 3.26. The van der Waals surface area contributed by atoms with E-state index >= 15 is 0 Å². The molecule has 0 aromatic heterocycles. The Balaban J connectivity index is 4.62. The van der Waals surface area contributed by atoms with Crippen LogP contribution in [0, 0.1) is 0 Å². The molecule has 0 saturated heterocycles. The molecular formula is C55H80O6. The lowest BCUT2D eigenvalue weighted by Gasteiger charge is -2.18. The molecule has 0 aromatic rings. The van der Waals surface area contributed by atoms with Crippen molar-refractivity contribution < 1.29 is 28.6 Å². The highest BCUT2D eigenvalue weighted by atomic mass is 16.6. The first-order valence-corrected chi connectivity index (χ1v) is 23.1. The number of unbranched alkanes of at least 4 members (excludes halogenated alkanes) is 6. The number of carbonyl (C=O) groups is 3. The van der Waals surface area contributed by atoms with Crippen molar-refractivity contribution >= 4 is 17.9 Å². The summed E-state index contributed by atoms with van der Waals surface area (Å²) in [6.07, 6.45) is 69.8. The summed E-state index contributed by atoms with van der Waals surface area (Å²) in [5.74, 6) is -1.21. The number of rotatable bonds is 38. The zero-order chi connectivity index (χ0) is 44.4. The molecule has 0 aliphatic carbocycles. The third-order valence-electron chi connectivity index (χ3n) is 8.65. The number of hydrogen-bond donors (Lipinski definition) is 0. The van der Waals surface area contributed by atoms with E-state index in [1.54, 1.807) is 6.08 Å². The first kappa shape index (κ1) is 56.0. The van der Waals surface area contributed by atoms with Crippen LogP contribution in [0.1, 0.15) is 149 Å². The Kier molecular flexibility index (Phi) is 43.8. The van der Waals surface area contributed by atoms with Crippen molar-refractivity contribution in [1.82, 2.24) is 0 Å². The van der Waals surface area contributed by atoms with E-state index in [9.17, 15) is 14.4 Å². The number of hydrogen-bond acceptors (Lipinski definition) is 6. The Hall–Kier alpha value is -4.97. The van der Waals surface area contributed by atoms with Gasteiger partial charge >= 0.3 is 17.9 Å². The minimum Gasteiger partial charge on any atom is -0.462 e. The van der Waals surface area contributed by atoms with Crippen LogP contribution >= 0.6 is 0 Å². The van der Waals surface area contributed by atoms with Crippen LogP contribution in [0.25, 0.3) is 0 Å². The van der Waals surface area contributed by atoms with Crippen LogP contribution in [0.5, 0.6) is 0 Å². The summed E-state index contributed by atoms with van der Waals surface area (Å²) in [5.41, 5.74) is 0. The number of allylic oxidation sites excluding steroid dienone is 25. The molecule has 0 aromatic carbocycles. The Morgan fingerprint density at radius 2 is 0.803 bits per heavy atom. The van der Waals surface area contributed by atoms with E-state index in [2.05, 4.69) is 118 Å². The molecule has 0 aliphatic rings. The Morgan fingerprint density at radius 1 is 0.377 bits per heavy atom. The second kappa shape index (κ2) is 47.7. The van der Waals surface area contributed by atoms with Crippen molar-refractivity contribution in [2.75, 3.05) is 13.2 Å². The van der Waals surface area contributed by atoms with Crippen molar-refractivity contribution in [2.24, 2.45) is 0 Å². The van der Waals surface area contributed by atoms with Gasteiger partial charge in [-0.3, -0.25) is 14.4 Å². The van der Waals surface area contributed by atoms with Crippen LogP contribution in [0.15, 0.2) is 158 Å². The predicted molar refractivity (Wildman–Crippen MR) is 260 cm³/mol. The van der Waals surface area contributed by atoms with E-state index in [4.69, 9.17) is 14.2 Å². The molecule has 0 bridgehead atoms. The molecule has 6 nitrogen and oxygen atoms in total. The van der Waals surface area contributed by atoms with Gasteiger partial charge < -0.3 is 14.2 Å². The number of ether oxygens (including phenoxy) is 3. The third kappa shape index (κ3) is 46.0. The van der Waals surface area contributed by atoms with Gasteiger partial charge in [0.2, 0.25) is 0 Å². The largest absolute Gasteiger partial charge is 0.462 e. The van der Waals surface area contributed by atoms with Gasteiger partial charge in [-0.2, -0.15) is 0 Å².